The number of methoxy groups -OCH3 is 1. The van der Waals surface area contributed by atoms with Gasteiger partial charge in [0.1, 0.15) is 5.52 Å². The molecule has 140 valence electrons. The van der Waals surface area contributed by atoms with Crippen molar-refractivity contribution in [3.05, 3.63) is 65.0 Å². The Balaban J connectivity index is 1.59. The molecule has 1 aliphatic rings. The Labute approximate surface area is 158 Å². The summed E-state index contributed by atoms with van der Waals surface area (Å²) in [7, 11) is 3.54. The van der Waals surface area contributed by atoms with E-state index in [4.69, 9.17) is 9.15 Å². The number of aromatic nitrogens is 1. The molecule has 1 aromatic heterocycles. The van der Waals surface area contributed by atoms with Gasteiger partial charge in [0, 0.05) is 26.1 Å². The summed E-state index contributed by atoms with van der Waals surface area (Å²) in [5.74, 6) is 0.638. The molecule has 0 fully saturated rings. The zero-order valence-corrected chi connectivity index (χ0v) is 15.8. The summed E-state index contributed by atoms with van der Waals surface area (Å²) >= 11 is 0. The number of carbonyl (C=O) groups is 1. The van der Waals surface area contributed by atoms with E-state index in [0.29, 0.717) is 30.1 Å². The van der Waals surface area contributed by atoms with E-state index in [1.54, 1.807) is 13.2 Å². The first-order valence-corrected chi connectivity index (χ1v) is 9.40. The monoisotopic (exact) mass is 364 g/mol. The lowest BCUT2D eigenvalue weighted by Gasteiger charge is -2.33. The van der Waals surface area contributed by atoms with E-state index >= 15 is 0 Å². The summed E-state index contributed by atoms with van der Waals surface area (Å²) in [5.41, 5.74) is 4.65. The molecule has 2 aromatic carbocycles. The van der Waals surface area contributed by atoms with Gasteiger partial charge in [-0.3, -0.25) is 4.79 Å². The molecule has 0 unspecified atom stereocenters. The van der Waals surface area contributed by atoms with E-state index in [2.05, 4.69) is 29.2 Å². The second kappa shape index (κ2) is 7.53. The first-order valence-electron chi connectivity index (χ1n) is 9.40. The molecule has 5 heteroatoms. The van der Waals surface area contributed by atoms with Gasteiger partial charge in [-0.05, 0) is 48.6 Å². The average molecular weight is 364 g/mol. The van der Waals surface area contributed by atoms with E-state index < -0.39 is 0 Å². The number of fused-ring (bicyclic) bond motifs is 2. The fourth-order valence-electron chi connectivity index (χ4n) is 3.88. The van der Waals surface area contributed by atoms with Gasteiger partial charge in [-0.15, -0.1) is 0 Å². The smallest absolute Gasteiger partial charge is 0.254 e. The van der Waals surface area contributed by atoms with Crippen molar-refractivity contribution in [2.45, 2.75) is 31.7 Å². The molecule has 1 atom stereocenters. The van der Waals surface area contributed by atoms with Gasteiger partial charge in [-0.1, -0.05) is 24.3 Å². The Morgan fingerprint density at radius 3 is 3.00 bits per heavy atom. The molecule has 1 aliphatic carbocycles. The van der Waals surface area contributed by atoms with Crippen LogP contribution in [0.4, 0.5) is 0 Å². The maximum Gasteiger partial charge on any atom is 0.254 e. The van der Waals surface area contributed by atoms with Crippen molar-refractivity contribution in [1.29, 1.82) is 0 Å². The summed E-state index contributed by atoms with van der Waals surface area (Å²) < 4.78 is 10.9. The lowest BCUT2D eigenvalue weighted by Crippen LogP contribution is -2.33. The highest BCUT2D eigenvalue weighted by atomic mass is 16.5. The normalized spacial score (nSPS) is 16.3. The van der Waals surface area contributed by atoms with Crippen molar-refractivity contribution in [3.63, 3.8) is 0 Å². The number of hydrogen-bond donors (Lipinski definition) is 0. The molecule has 0 radical (unpaired) electrons. The highest BCUT2D eigenvalue weighted by Gasteiger charge is 2.27. The Hall–Kier alpha value is -2.66. The zero-order chi connectivity index (χ0) is 18.8. The van der Waals surface area contributed by atoms with Crippen LogP contribution in [0.5, 0.6) is 0 Å². The number of aryl methyl sites for hydroxylation is 1. The summed E-state index contributed by atoms with van der Waals surface area (Å²) in [5, 5.41) is 0. The van der Waals surface area contributed by atoms with Crippen LogP contribution in [-0.2, 0) is 17.6 Å². The van der Waals surface area contributed by atoms with Gasteiger partial charge < -0.3 is 14.1 Å². The van der Waals surface area contributed by atoms with E-state index in [1.165, 1.54) is 11.1 Å². The molecule has 27 heavy (non-hydrogen) atoms. The molecule has 0 saturated heterocycles. The Morgan fingerprint density at radius 2 is 2.15 bits per heavy atom. The van der Waals surface area contributed by atoms with Crippen LogP contribution in [0.25, 0.3) is 11.1 Å². The lowest BCUT2D eigenvalue weighted by atomic mass is 9.87. The summed E-state index contributed by atoms with van der Waals surface area (Å²) in [6, 6.07) is 14.0. The number of amides is 1. The van der Waals surface area contributed by atoms with Crippen LogP contribution in [0.15, 0.2) is 46.9 Å². The van der Waals surface area contributed by atoms with Crippen LogP contribution in [-0.4, -0.2) is 36.6 Å². The zero-order valence-electron chi connectivity index (χ0n) is 15.8. The van der Waals surface area contributed by atoms with Crippen LogP contribution in [0.1, 0.15) is 46.3 Å². The number of oxazole rings is 1. The van der Waals surface area contributed by atoms with Crippen LogP contribution < -0.4 is 0 Å². The lowest BCUT2D eigenvalue weighted by molar-refractivity contribution is 0.0715. The average Bonchev–Trinajstić information content (AvgIpc) is 3.12. The Morgan fingerprint density at radius 1 is 1.30 bits per heavy atom. The maximum absolute atomic E-state index is 13.1. The second-order valence-electron chi connectivity index (χ2n) is 7.06. The Kier molecular flexibility index (Phi) is 4.94. The van der Waals surface area contributed by atoms with Gasteiger partial charge in [0.05, 0.1) is 12.6 Å². The summed E-state index contributed by atoms with van der Waals surface area (Å²) in [4.78, 5) is 19.4. The maximum atomic E-state index is 13.1. The molecule has 5 nitrogen and oxygen atoms in total. The predicted molar refractivity (Wildman–Crippen MR) is 104 cm³/mol. The first kappa shape index (κ1) is 17.7. The van der Waals surface area contributed by atoms with Gasteiger partial charge in [0.2, 0.25) is 0 Å². The third-order valence-electron chi connectivity index (χ3n) is 5.33. The minimum absolute atomic E-state index is 0.00782. The fourth-order valence-corrected chi connectivity index (χ4v) is 3.88. The largest absolute Gasteiger partial charge is 0.441 e. The Bertz CT molecular complexity index is 963. The fraction of sp³-hybridized carbons (Fsp3) is 0.364. The molecule has 1 amide bonds. The van der Waals surface area contributed by atoms with Gasteiger partial charge in [-0.25, -0.2) is 4.98 Å². The van der Waals surface area contributed by atoms with E-state index in [1.807, 2.05) is 24.1 Å². The molecule has 0 saturated carbocycles. The molecular formula is C22H24N2O3. The van der Waals surface area contributed by atoms with E-state index in [9.17, 15) is 4.79 Å². The number of nitrogens with zero attached hydrogens (tertiary/aromatic N) is 2. The van der Waals surface area contributed by atoms with Crippen LogP contribution in [0.2, 0.25) is 0 Å². The summed E-state index contributed by atoms with van der Waals surface area (Å²) in [6.07, 6.45) is 3.80. The van der Waals surface area contributed by atoms with Crippen LogP contribution >= 0.6 is 0 Å². The number of benzene rings is 2. The van der Waals surface area contributed by atoms with Crippen LogP contribution in [0, 0.1) is 0 Å². The standard InChI is InChI=1S/C22H24N2O3/c1-24(19-9-5-7-15-6-3-4-8-17(15)19)22(25)16-10-11-18-20(14-16)27-21(23-18)12-13-26-2/h3-4,6,8,10-11,14,19H,5,7,9,12-13H2,1-2H3/t19-/m0/s1. The molecule has 0 spiro atoms. The van der Waals surface area contributed by atoms with Crippen molar-refractivity contribution >= 4 is 17.0 Å². The van der Waals surface area contributed by atoms with Gasteiger partial charge in [0.15, 0.2) is 11.5 Å². The molecule has 0 bridgehead atoms. The number of rotatable bonds is 5. The third-order valence-corrected chi connectivity index (χ3v) is 5.33. The molecule has 4 rings (SSSR count). The van der Waals surface area contributed by atoms with E-state index in [-0.39, 0.29) is 11.9 Å². The number of hydrogen-bond acceptors (Lipinski definition) is 4. The topological polar surface area (TPSA) is 55.6 Å². The summed E-state index contributed by atoms with van der Waals surface area (Å²) in [6.45, 7) is 0.558. The van der Waals surface area contributed by atoms with Crippen molar-refractivity contribution in [2.24, 2.45) is 0 Å². The van der Waals surface area contributed by atoms with Gasteiger partial charge in [0.25, 0.3) is 5.91 Å². The molecule has 3 aromatic rings. The molecular weight excluding hydrogens is 340 g/mol. The highest BCUT2D eigenvalue weighted by molar-refractivity contribution is 5.97. The van der Waals surface area contributed by atoms with Crippen LogP contribution in [0.3, 0.4) is 0 Å². The first-order chi connectivity index (χ1) is 13.2. The molecule has 0 N–H and O–H groups in total. The van der Waals surface area contributed by atoms with Crippen molar-refractivity contribution in [3.8, 4) is 0 Å². The van der Waals surface area contributed by atoms with E-state index in [0.717, 1.165) is 24.8 Å². The van der Waals surface area contributed by atoms with Gasteiger partial charge >= 0.3 is 0 Å². The van der Waals surface area contributed by atoms with Crippen molar-refractivity contribution in [1.82, 2.24) is 9.88 Å². The quantitative estimate of drug-likeness (QED) is 0.682. The van der Waals surface area contributed by atoms with Crippen molar-refractivity contribution < 1.29 is 13.9 Å². The van der Waals surface area contributed by atoms with Crippen molar-refractivity contribution in [2.75, 3.05) is 20.8 Å². The number of ether oxygens (including phenoxy) is 1. The second-order valence-corrected chi connectivity index (χ2v) is 7.06. The predicted octanol–water partition coefficient (Wildman–Crippen LogP) is 4.17. The number of carbonyl (C=O) groups excluding carboxylic acids is 1. The SMILES string of the molecule is COCCc1nc2ccc(C(=O)N(C)[C@H]3CCCc4ccccc43)cc2o1. The molecule has 0 aliphatic heterocycles. The minimum atomic E-state index is 0.00782. The van der Waals surface area contributed by atoms with Gasteiger partial charge in [-0.2, -0.15) is 0 Å². The molecule has 1 heterocycles. The highest BCUT2D eigenvalue weighted by Crippen LogP contribution is 2.34. The minimum Gasteiger partial charge on any atom is -0.441 e. The third kappa shape index (κ3) is 3.47.